The van der Waals surface area contributed by atoms with Crippen molar-refractivity contribution in [2.45, 2.75) is 39.4 Å². The van der Waals surface area contributed by atoms with E-state index in [0.29, 0.717) is 22.5 Å². The van der Waals surface area contributed by atoms with Crippen molar-refractivity contribution in [2.24, 2.45) is 10.9 Å². The van der Waals surface area contributed by atoms with Gasteiger partial charge < -0.3 is 10.0 Å². The van der Waals surface area contributed by atoms with Crippen LogP contribution in [0, 0.1) is 24.2 Å². The molecule has 2 rings (SSSR count). The quantitative estimate of drug-likeness (QED) is 0.703. The average molecular weight is 436 g/mol. The first-order chi connectivity index (χ1) is 12.9. The second-order valence-corrected chi connectivity index (χ2v) is 8.03. The number of carboxylic acid groups (broad SMARTS) is 1. The molecule has 0 aliphatic carbocycles. The Hall–Kier alpha value is -1.92. The normalized spacial score (nSPS) is 18.1. The van der Waals surface area contributed by atoms with Crippen LogP contribution in [0.2, 0.25) is 5.02 Å². The van der Waals surface area contributed by atoms with E-state index in [4.69, 9.17) is 31.8 Å². The van der Waals surface area contributed by atoms with Gasteiger partial charge in [-0.2, -0.15) is 18.4 Å². The molecule has 0 spiro atoms. The zero-order chi connectivity index (χ0) is 21.6. The predicted octanol–water partition coefficient (Wildman–Crippen LogP) is 5.23. The third-order valence-electron chi connectivity index (χ3n) is 3.83. The molecule has 1 saturated heterocycles. The lowest BCUT2D eigenvalue weighted by molar-refractivity contribution is -0.192. The number of aryl methyl sites for hydroxylation is 1. The topological polar surface area (TPSA) is 76.7 Å². The van der Waals surface area contributed by atoms with E-state index in [0.717, 1.165) is 22.2 Å². The number of amidine groups is 1. The van der Waals surface area contributed by atoms with Crippen LogP contribution in [0.1, 0.15) is 31.4 Å². The van der Waals surface area contributed by atoms with E-state index in [9.17, 15) is 13.2 Å². The SMILES string of the molecule is Cc1cc(C#N)cc(Cl)c1N=C1SC[C@H](CC(C)C)N1C.O=C(O)C(F)(F)F. The summed E-state index contributed by atoms with van der Waals surface area (Å²) in [5, 5.41) is 17.6. The number of nitriles is 1. The molecule has 0 aromatic heterocycles. The third kappa shape index (κ3) is 6.91. The highest BCUT2D eigenvalue weighted by atomic mass is 35.5. The molecule has 10 heteroatoms. The van der Waals surface area contributed by atoms with Crippen LogP contribution in [-0.2, 0) is 4.79 Å². The molecule has 1 aromatic rings. The van der Waals surface area contributed by atoms with Crippen LogP contribution in [0.5, 0.6) is 0 Å². The first-order valence-electron chi connectivity index (χ1n) is 8.31. The molecule has 1 heterocycles. The standard InChI is InChI=1S/C16H20ClN3S.C2HF3O2/c1-10(2)5-13-9-21-16(20(13)4)19-15-11(3)6-12(8-18)7-14(15)17;3-2(4,5)1(6)7/h6-7,10,13H,5,9H2,1-4H3;(H,6,7)/t13-;/m0./s1. The maximum atomic E-state index is 10.6. The molecule has 1 fully saturated rings. The van der Waals surface area contributed by atoms with E-state index in [-0.39, 0.29) is 0 Å². The number of carbonyl (C=O) groups is 1. The van der Waals surface area contributed by atoms with Crippen LogP contribution in [0.15, 0.2) is 17.1 Å². The lowest BCUT2D eigenvalue weighted by Gasteiger charge is -2.22. The number of rotatable bonds is 3. The Morgan fingerprint density at radius 1 is 1.50 bits per heavy atom. The maximum absolute atomic E-state index is 10.6. The number of alkyl halides is 3. The highest BCUT2D eigenvalue weighted by Crippen LogP contribution is 2.34. The summed E-state index contributed by atoms with van der Waals surface area (Å²) in [5.74, 6) is -1.01. The molecule has 28 heavy (non-hydrogen) atoms. The zero-order valence-corrected chi connectivity index (χ0v) is 17.4. The predicted molar refractivity (Wildman–Crippen MR) is 105 cm³/mol. The van der Waals surface area contributed by atoms with Gasteiger partial charge in [-0.25, -0.2) is 9.79 Å². The van der Waals surface area contributed by atoms with Crippen molar-refractivity contribution in [2.75, 3.05) is 12.8 Å². The number of halogens is 4. The maximum Gasteiger partial charge on any atom is 0.490 e. The first kappa shape index (κ1) is 24.1. The van der Waals surface area contributed by atoms with Crippen LogP contribution in [0.4, 0.5) is 18.9 Å². The van der Waals surface area contributed by atoms with Gasteiger partial charge in [0, 0.05) is 18.8 Å². The van der Waals surface area contributed by atoms with E-state index in [1.165, 1.54) is 6.42 Å². The second kappa shape index (κ2) is 10.0. The van der Waals surface area contributed by atoms with Gasteiger partial charge in [0.15, 0.2) is 5.17 Å². The van der Waals surface area contributed by atoms with Gasteiger partial charge in [0.1, 0.15) is 0 Å². The van der Waals surface area contributed by atoms with E-state index in [1.807, 2.05) is 13.0 Å². The molecular weight excluding hydrogens is 415 g/mol. The summed E-state index contributed by atoms with van der Waals surface area (Å²) in [6.07, 6.45) is -3.91. The molecule has 1 N–H and O–H groups in total. The van der Waals surface area contributed by atoms with Crippen LogP contribution < -0.4 is 0 Å². The van der Waals surface area contributed by atoms with Crippen LogP contribution >= 0.6 is 23.4 Å². The third-order valence-corrected chi connectivity index (χ3v) is 5.31. The highest BCUT2D eigenvalue weighted by molar-refractivity contribution is 8.14. The molecule has 5 nitrogen and oxygen atoms in total. The number of benzene rings is 1. The monoisotopic (exact) mass is 435 g/mol. The number of hydrogen-bond donors (Lipinski definition) is 1. The summed E-state index contributed by atoms with van der Waals surface area (Å²) in [6.45, 7) is 6.43. The summed E-state index contributed by atoms with van der Waals surface area (Å²) in [5.41, 5.74) is 2.29. The molecule has 0 saturated carbocycles. The van der Waals surface area contributed by atoms with E-state index in [1.54, 1.807) is 17.8 Å². The van der Waals surface area contributed by atoms with Crippen LogP contribution in [-0.4, -0.2) is 46.2 Å². The van der Waals surface area contributed by atoms with Crippen LogP contribution in [0.25, 0.3) is 0 Å². The van der Waals surface area contributed by atoms with Crippen LogP contribution in [0.3, 0.4) is 0 Å². The van der Waals surface area contributed by atoms with Gasteiger partial charge in [0.05, 0.1) is 22.3 Å². The number of aliphatic carboxylic acids is 1. The largest absolute Gasteiger partial charge is 0.490 e. The zero-order valence-electron chi connectivity index (χ0n) is 15.8. The summed E-state index contributed by atoms with van der Waals surface area (Å²) in [6, 6.07) is 6.16. The van der Waals surface area contributed by atoms with Crippen molar-refractivity contribution >= 4 is 40.2 Å². The van der Waals surface area contributed by atoms with Crippen molar-refractivity contribution < 1.29 is 23.1 Å². The van der Waals surface area contributed by atoms with Gasteiger partial charge in [-0.15, -0.1) is 0 Å². The Balaban J connectivity index is 0.000000480. The van der Waals surface area contributed by atoms with Crippen molar-refractivity contribution in [3.05, 3.63) is 28.3 Å². The summed E-state index contributed by atoms with van der Waals surface area (Å²) >= 11 is 8.05. The smallest absolute Gasteiger partial charge is 0.475 e. The van der Waals surface area contributed by atoms with Gasteiger partial charge in [0.25, 0.3) is 0 Å². The minimum absolute atomic E-state index is 0.534. The highest BCUT2D eigenvalue weighted by Gasteiger charge is 2.38. The molecule has 1 atom stereocenters. The molecule has 1 aliphatic heterocycles. The van der Waals surface area contributed by atoms with Gasteiger partial charge in [-0.1, -0.05) is 37.2 Å². The molecule has 1 aliphatic rings. The number of nitrogens with zero attached hydrogens (tertiary/aromatic N) is 3. The fraction of sp³-hybridized carbons (Fsp3) is 0.500. The minimum Gasteiger partial charge on any atom is -0.475 e. The Labute approximate surface area is 171 Å². The summed E-state index contributed by atoms with van der Waals surface area (Å²) in [7, 11) is 2.10. The first-order valence-corrected chi connectivity index (χ1v) is 9.67. The Bertz CT molecular complexity index is 768. The lowest BCUT2D eigenvalue weighted by atomic mass is 10.0. The van der Waals surface area contributed by atoms with Crippen molar-refractivity contribution in [3.8, 4) is 6.07 Å². The molecule has 0 radical (unpaired) electrons. The number of thioether (sulfide) groups is 1. The summed E-state index contributed by atoms with van der Waals surface area (Å²) in [4.78, 5) is 15.9. The number of hydrogen-bond acceptors (Lipinski definition) is 4. The molecule has 154 valence electrons. The number of aliphatic imine (C=N–C) groups is 1. The van der Waals surface area contributed by atoms with Crippen molar-refractivity contribution in [1.29, 1.82) is 5.26 Å². The van der Waals surface area contributed by atoms with E-state index < -0.39 is 12.1 Å². The van der Waals surface area contributed by atoms with Gasteiger partial charge in [-0.05, 0) is 37.0 Å². The van der Waals surface area contributed by atoms with Gasteiger partial charge >= 0.3 is 12.1 Å². The molecule has 0 unspecified atom stereocenters. The Morgan fingerprint density at radius 3 is 2.50 bits per heavy atom. The second-order valence-electron chi connectivity index (χ2n) is 6.64. The molecule has 1 aromatic carbocycles. The lowest BCUT2D eigenvalue weighted by Crippen LogP contribution is -2.30. The van der Waals surface area contributed by atoms with E-state index in [2.05, 4.69) is 31.9 Å². The van der Waals surface area contributed by atoms with Crippen molar-refractivity contribution in [1.82, 2.24) is 4.90 Å². The van der Waals surface area contributed by atoms with Crippen molar-refractivity contribution in [3.63, 3.8) is 0 Å². The Morgan fingerprint density at radius 2 is 2.07 bits per heavy atom. The molecular formula is C18H21ClF3N3O2S. The van der Waals surface area contributed by atoms with E-state index >= 15 is 0 Å². The fourth-order valence-corrected chi connectivity index (χ4v) is 3.98. The molecule has 0 amide bonds. The summed E-state index contributed by atoms with van der Waals surface area (Å²) < 4.78 is 31.7. The number of carboxylic acids is 1. The molecule has 0 bridgehead atoms. The fourth-order valence-electron chi connectivity index (χ4n) is 2.46. The van der Waals surface area contributed by atoms with Gasteiger partial charge in [-0.3, -0.25) is 0 Å². The average Bonchev–Trinajstić information content (AvgIpc) is 2.90. The Kier molecular flexibility index (Phi) is 8.64. The van der Waals surface area contributed by atoms with Gasteiger partial charge in [0.2, 0.25) is 0 Å². The minimum atomic E-state index is -5.08.